The van der Waals surface area contributed by atoms with Crippen LogP contribution in [0, 0.1) is 10.1 Å². The third-order valence-corrected chi connectivity index (χ3v) is 2.78. The van der Waals surface area contributed by atoms with Gasteiger partial charge in [0.2, 0.25) is 0 Å². The number of nitro groups is 1. The molecule has 0 heterocycles. The molecule has 1 atom stereocenters. The third kappa shape index (κ3) is 3.41. The Hall–Kier alpha value is -1.66. The molecule has 1 rings (SSSR count). The van der Waals surface area contributed by atoms with E-state index in [2.05, 4.69) is 5.32 Å². The van der Waals surface area contributed by atoms with Gasteiger partial charge in [-0.2, -0.15) is 0 Å². The Morgan fingerprint density at radius 1 is 1.61 bits per heavy atom. The van der Waals surface area contributed by atoms with Crippen molar-refractivity contribution in [1.29, 1.82) is 0 Å². The van der Waals surface area contributed by atoms with E-state index in [-0.39, 0.29) is 28.9 Å². The summed E-state index contributed by atoms with van der Waals surface area (Å²) in [4.78, 5) is 22.0. The van der Waals surface area contributed by atoms with Gasteiger partial charge in [0, 0.05) is 18.7 Å². The Morgan fingerprint density at radius 2 is 2.28 bits per heavy atom. The highest BCUT2D eigenvalue weighted by molar-refractivity contribution is 6.34. The van der Waals surface area contributed by atoms with E-state index in [4.69, 9.17) is 17.3 Å². The molecule has 0 aliphatic rings. The molecular formula is C11H14ClN3O3. The molecule has 0 aromatic heterocycles. The zero-order valence-electron chi connectivity index (χ0n) is 9.85. The molecule has 0 spiro atoms. The molecule has 3 N–H and O–H groups in total. The van der Waals surface area contributed by atoms with Crippen LogP contribution in [0.2, 0.25) is 5.02 Å². The van der Waals surface area contributed by atoms with Crippen molar-refractivity contribution in [2.75, 3.05) is 6.54 Å². The molecule has 1 unspecified atom stereocenters. The first-order chi connectivity index (χ1) is 8.47. The Morgan fingerprint density at radius 3 is 2.83 bits per heavy atom. The largest absolute Gasteiger partial charge is 0.350 e. The van der Waals surface area contributed by atoms with E-state index in [9.17, 15) is 14.9 Å². The number of amides is 1. The number of halogens is 1. The maximum absolute atomic E-state index is 11.9. The van der Waals surface area contributed by atoms with Crippen LogP contribution in [-0.4, -0.2) is 23.4 Å². The normalized spacial score (nSPS) is 11.9. The van der Waals surface area contributed by atoms with Crippen LogP contribution in [0.15, 0.2) is 18.2 Å². The Labute approximate surface area is 109 Å². The van der Waals surface area contributed by atoms with Crippen LogP contribution >= 0.6 is 11.6 Å². The molecule has 1 aromatic carbocycles. The summed E-state index contributed by atoms with van der Waals surface area (Å²) in [7, 11) is 0. The molecular weight excluding hydrogens is 258 g/mol. The Kier molecular flexibility index (Phi) is 5.06. The van der Waals surface area contributed by atoms with E-state index in [1.165, 1.54) is 18.2 Å². The van der Waals surface area contributed by atoms with E-state index in [0.717, 1.165) is 0 Å². The lowest BCUT2D eigenvalue weighted by Crippen LogP contribution is -2.37. The smallest absolute Gasteiger partial charge is 0.283 e. The molecule has 0 saturated heterocycles. The van der Waals surface area contributed by atoms with Gasteiger partial charge in [0.05, 0.1) is 9.95 Å². The highest BCUT2D eigenvalue weighted by atomic mass is 35.5. The maximum atomic E-state index is 11.9. The summed E-state index contributed by atoms with van der Waals surface area (Å²) < 4.78 is 0. The number of benzene rings is 1. The highest BCUT2D eigenvalue weighted by Crippen LogP contribution is 2.25. The predicted molar refractivity (Wildman–Crippen MR) is 68.7 cm³/mol. The van der Waals surface area contributed by atoms with Crippen molar-refractivity contribution >= 4 is 23.2 Å². The SMILES string of the molecule is CCC(N)CNC(=O)c1c(Cl)cccc1[N+](=O)[O-]. The van der Waals surface area contributed by atoms with Crippen LogP contribution in [0.25, 0.3) is 0 Å². The summed E-state index contributed by atoms with van der Waals surface area (Å²) in [6.45, 7) is 2.13. The van der Waals surface area contributed by atoms with Crippen molar-refractivity contribution in [2.24, 2.45) is 5.73 Å². The van der Waals surface area contributed by atoms with Gasteiger partial charge in [-0.05, 0) is 12.5 Å². The van der Waals surface area contributed by atoms with Gasteiger partial charge in [-0.25, -0.2) is 0 Å². The number of hydrogen-bond donors (Lipinski definition) is 2. The lowest BCUT2D eigenvalue weighted by molar-refractivity contribution is -0.385. The van der Waals surface area contributed by atoms with Crippen molar-refractivity contribution in [2.45, 2.75) is 19.4 Å². The first kappa shape index (κ1) is 14.4. The number of carbonyl (C=O) groups excluding carboxylic acids is 1. The van der Waals surface area contributed by atoms with Crippen LogP contribution in [0.3, 0.4) is 0 Å². The zero-order chi connectivity index (χ0) is 13.7. The Balaban J connectivity index is 2.94. The molecule has 1 aromatic rings. The standard InChI is InChI=1S/C11H14ClN3O3/c1-2-7(13)6-14-11(16)10-8(12)4-3-5-9(10)15(17)18/h3-5,7H,2,6,13H2,1H3,(H,14,16). The van der Waals surface area contributed by atoms with Crippen LogP contribution in [-0.2, 0) is 0 Å². The van der Waals surface area contributed by atoms with Gasteiger partial charge in [0.25, 0.3) is 11.6 Å². The molecule has 0 fully saturated rings. The van der Waals surface area contributed by atoms with Gasteiger partial charge in [-0.15, -0.1) is 0 Å². The summed E-state index contributed by atoms with van der Waals surface area (Å²) in [6.07, 6.45) is 0.699. The number of hydrogen-bond acceptors (Lipinski definition) is 4. The van der Waals surface area contributed by atoms with E-state index >= 15 is 0 Å². The highest BCUT2D eigenvalue weighted by Gasteiger charge is 2.23. The van der Waals surface area contributed by atoms with Gasteiger partial charge < -0.3 is 11.1 Å². The minimum Gasteiger partial charge on any atom is -0.350 e. The van der Waals surface area contributed by atoms with Crippen molar-refractivity contribution in [1.82, 2.24) is 5.32 Å². The number of rotatable bonds is 5. The van der Waals surface area contributed by atoms with Gasteiger partial charge in [0.15, 0.2) is 0 Å². The maximum Gasteiger partial charge on any atom is 0.283 e. The minimum absolute atomic E-state index is 0.0479. The molecule has 0 radical (unpaired) electrons. The number of nitrogens with one attached hydrogen (secondary N) is 1. The van der Waals surface area contributed by atoms with Crippen molar-refractivity contribution in [3.8, 4) is 0 Å². The molecule has 7 heteroatoms. The lowest BCUT2D eigenvalue weighted by atomic mass is 10.1. The van der Waals surface area contributed by atoms with E-state index in [1.54, 1.807) is 0 Å². The lowest BCUT2D eigenvalue weighted by Gasteiger charge is -2.11. The van der Waals surface area contributed by atoms with Gasteiger partial charge in [-0.3, -0.25) is 14.9 Å². The molecule has 6 nitrogen and oxygen atoms in total. The average molecular weight is 272 g/mol. The van der Waals surface area contributed by atoms with E-state index in [1.807, 2.05) is 6.92 Å². The van der Waals surface area contributed by atoms with Gasteiger partial charge in [-0.1, -0.05) is 24.6 Å². The van der Waals surface area contributed by atoms with Crippen LogP contribution in [0.1, 0.15) is 23.7 Å². The van der Waals surface area contributed by atoms with Crippen molar-refractivity contribution < 1.29 is 9.72 Å². The zero-order valence-corrected chi connectivity index (χ0v) is 10.6. The first-order valence-electron chi connectivity index (χ1n) is 5.44. The summed E-state index contributed by atoms with van der Waals surface area (Å²) in [6, 6.07) is 3.91. The van der Waals surface area contributed by atoms with Crippen LogP contribution in [0.4, 0.5) is 5.69 Å². The summed E-state index contributed by atoms with van der Waals surface area (Å²) >= 11 is 5.82. The topological polar surface area (TPSA) is 98.3 Å². The van der Waals surface area contributed by atoms with Crippen molar-refractivity contribution in [3.05, 3.63) is 38.9 Å². The second-order valence-electron chi connectivity index (χ2n) is 3.77. The molecule has 1 amide bonds. The fourth-order valence-corrected chi connectivity index (χ4v) is 1.60. The van der Waals surface area contributed by atoms with E-state index in [0.29, 0.717) is 6.42 Å². The fourth-order valence-electron chi connectivity index (χ4n) is 1.35. The summed E-state index contributed by atoms with van der Waals surface area (Å²) in [5.74, 6) is -0.587. The molecule has 0 aliphatic carbocycles. The summed E-state index contributed by atoms with van der Waals surface area (Å²) in [5.41, 5.74) is 5.21. The molecule has 0 aliphatic heterocycles. The fraction of sp³-hybridized carbons (Fsp3) is 0.364. The third-order valence-electron chi connectivity index (χ3n) is 2.46. The first-order valence-corrected chi connectivity index (χ1v) is 5.81. The molecule has 18 heavy (non-hydrogen) atoms. The molecule has 0 bridgehead atoms. The number of nitro benzene ring substituents is 1. The summed E-state index contributed by atoms with van der Waals surface area (Å²) in [5, 5.41) is 13.4. The predicted octanol–water partition coefficient (Wildman–Crippen LogP) is 1.72. The van der Waals surface area contributed by atoms with Crippen LogP contribution in [0.5, 0.6) is 0 Å². The van der Waals surface area contributed by atoms with Gasteiger partial charge in [0.1, 0.15) is 5.56 Å². The van der Waals surface area contributed by atoms with E-state index < -0.39 is 10.8 Å². The molecule has 0 saturated carbocycles. The second kappa shape index (κ2) is 6.32. The quantitative estimate of drug-likeness (QED) is 0.629. The second-order valence-corrected chi connectivity index (χ2v) is 4.18. The number of nitrogens with zero attached hydrogens (tertiary/aromatic N) is 1. The van der Waals surface area contributed by atoms with Crippen molar-refractivity contribution in [3.63, 3.8) is 0 Å². The number of nitrogens with two attached hydrogens (primary N) is 1. The molecule has 98 valence electrons. The van der Waals surface area contributed by atoms with Gasteiger partial charge >= 0.3 is 0 Å². The van der Waals surface area contributed by atoms with Crippen LogP contribution < -0.4 is 11.1 Å². The Bertz CT molecular complexity index is 465. The minimum atomic E-state index is -0.638. The average Bonchev–Trinajstić information content (AvgIpc) is 2.34. The number of carbonyl (C=O) groups is 1. The monoisotopic (exact) mass is 271 g/mol.